The molecule has 15 heavy (non-hydrogen) atoms. The van der Waals surface area contributed by atoms with Crippen molar-refractivity contribution < 1.29 is 32.0 Å². The average molecular weight is 246 g/mol. The molecular weight excluding hydrogens is 232 g/mol. The van der Waals surface area contributed by atoms with Crippen molar-refractivity contribution in [2.75, 3.05) is 6.61 Å². The molecule has 1 aromatic carbocycles. The summed E-state index contributed by atoms with van der Waals surface area (Å²) < 4.78 is 5.36. The summed E-state index contributed by atoms with van der Waals surface area (Å²) in [6.07, 6.45) is 1.98. The Labute approximate surface area is 100 Å². The molecule has 0 aliphatic heterocycles. The molecule has 0 amide bonds. The average Bonchev–Trinajstić information content (AvgIpc) is 2.19. The Hall–Kier alpha value is -0.978. The minimum Gasteiger partial charge on any atom is -0.493 e. The smallest absolute Gasteiger partial charge is 0.339 e. The van der Waals surface area contributed by atoms with Crippen LogP contribution in [0.25, 0.3) is 0 Å². The van der Waals surface area contributed by atoms with Crippen LogP contribution in [0.15, 0.2) is 24.3 Å². The van der Waals surface area contributed by atoms with Crippen LogP contribution in [0.1, 0.15) is 30.1 Å². The molecular formula is C11H14CrO3. The Morgan fingerprint density at radius 3 is 2.67 bits per heavy atom. The van der Waals surface area contributed by atoms with E-state index < -0.39 is 5.97 Å². The van der Waals surface area contributed by atoms with Gasteiger partial charge in [-0.15, -0.1) is 0 Å². The van der Waals surface area contributed by atoms with E-state index in [4.69, 9.17) is 9.84 Å². The zero-order valence-electron chi connectivity index (χ0n) is 8.60. The normalized spacial score (nSPS) is 9.13. The van der Waals surface area contributed by atoms with Crippen molar-refractivity contribution in [3.63, 3.8) is 0 Å². The summed E-state index contributed by atoms with van der Waals surface area (Å²) in [5.41, 5.74) is 0.226. The van der Waals surface area contributed by atoms with E-state index in [9.17, 15) is 4.79 Å². The molecule has 0 aliphatic rings. The van der Waals surface area contributed by atoms with Crippen molar-refractivity contribution in [1.29, 1.82) is 0 Å². The van der Waals surface area contributed by atoms with Crippen molar-refractivity contribution in [2.45, 2.75) is 19.8 Å². The summed E-state index contributed by atoms with van der Waals surface area (Å²) in [4.78, 5) is 10.8. The third kappa shape index (κ3) is 4.37. The minimum absolute atomic E-state index is 0. The molecule has 1 rings (SSSR count). The van der Waals surface area contributed by atoms with Crippen molar-refractivity contribution in [1.82, 2.24) is 0 Å². The monoisotopic (exact) mass is 246 g/mol. The maximum atomic E-state index is 10.8. The zero-order chi connectivity index (χ0) is 10.4. The van der Waals surface area contributed by atoms with Crippen LogP contribution in [0.2, 0.25) is 0 Å². The van der Waals surface area contributed by atoms with Gasteiger partial charge in [-0.05, 0) is 18.6 Å². The van der Waals surface area contributed by atoms with Gasteiger partial charge in [0.1, 0.15) is 11.3 Å². The van der Waals surface area contributed by atoms with Gasteiger partial charge in [-0.3, -0.25) is 0 Å². The van der Waals surface area contributed by atoms with Crippen molar-refractivity contribution in [2.24, 2.45) is 0 Å². The minimum atomic E-state index is -0.947. The van der Waals surface area contributed by atoms with Gasteiger partial charge in [0.15, 0.2) is 0 Å². The second-order valence-corrected chi connectivity index (χ2v) is 3.00. The van der Waals surface area contributed by atoms with Crippen LogP contribution < -0.4 is 4.74 Å². The first-order valence-corrected chi connectivity index (χ1v) is 4.70. The summed E-state index contributed by atoms with van der Waals surface area (Å²) >= 11 is 0. The first kappa shape index (κ1) is 14.0. The molecule has 0 aromatic heterocycles. The van der Waals surface area contributed by atoms with E-state index in [0.29, 0.717) is 12.4 Å². The Morgan fingerprint density at radius 2 is 2.07 bits per heavy atom. The van der Waals surface area contributed by atoms with E-state index in [1.54, 1.807) is 24.3 Å². The number of carboxylic acids is 1. The summed E-state index contributed by atoms with van der Waals surface area (Å²) in [5, 5.41) is 8.84. The molecule has 0 bridgehead atoms. The molecule has 0 spiro atoms. The third-order valence-corrected chi connectivity index (χ3v) is 1.87. The predicted molar refractivity (Wildman–Crippen MR) is 53.8 cm³/mol. The van der Waals surface area contributed by atoms with E-state index in [1.165, 1.54) is 0 Å². The van der Waals surface area contributed by atoms with Crippen LogP contribution in [-0.4, -0.2) is 17.7 Å². The first-order chi connectivity index (χ1) is 6.75. The van der Waals surface area contributed by atoms with Gasteiger partial charge in [0, 0.05) is 17.4 Å². The number of ether oxygens (including phenoxy) is 1. The zero-order valence-corrected chi connectivity index (χ0v) is 9.88. The van der Waals surface area contributed by atoms with Gasteiger partial charge < -0.3 is 9.84 Å². The van der Waals surface area contributed by atoms with Crippen LogP contribution in [0, 0.1) is 0 Å². The molecule has 82 valence electrons. The maximum Gasteiger partial charge on any atom is 0.339 e. The molecule has 0 saturated carbocycles. The Kier molecular flexibility index (Phi) is 6.85. The number of aromatic carboxylic acids is 1. The maximum absolute atomic E-state index is 10.8. The van der Waals surface area contributed by atoms with Gasteiger partial charge in [-0.25, -0.2) is 4.79 Å². The van der Waals surface area contributed by atoms with Crippen molar-refractivity contribution in [3.05, 3.63) is 29.8 Å². The molecule has 0 unspecified atom stereocenters. The van der Waals surface area contributed by atoms with E-state index in [0.717, 1.165) is 12.8 Å². The third-order valence-electron chi connectivity index (χ3n) is 1.87. The van der Waals surface area contributed by atoms with Gasteiger partial charge in [-0.1, -0.05) is 25.5 Å². The molecule has 0 fully saturated rings. The summed E-state index contributed by atoms with van der Waals surface area (Å²) in [7, 11) is 0. The Morgan fingerprint density at radius 1 is 1.40 bits per heavy atom. The molecule has 0 radical (unpaired) electrons. The molecule has 4 heteroatoms. The molecule has 0 heterocycles. The predicted octanol–water partition coefficient (Wildman–Crippen LogP) is 2.56. The fourth-order valence-electron chi connectivity index (χ4n) is 1.10. The summed E-state index contributed by atoms with van der Waals surface area (Å²) in [6, 6.07) is 6.69. The fourth-order valence-corrected chi connectivity index (χ4v) is 1.10. The summed E-state index contributed by atoms with van der Waals surface area (Å²) in [6.45, 7) is 2.63. The van der Waals surface area contributed by atoms with Gasteiger partial charge >= 0.3 is 5.97 Å². The fraction of sp³-hybridized carbons (Fsp3) is 0.364. The Balaban J connectivity index is 0.00000196. The Bertz CT molecular complexity index is 312. The SMILES string of the molecule is CCCCOc1ccccc1C(=O)O.[Cr]. The van der Waals surface area contributed by atoms with Gasteiger partial charge in [-0.2, -0.15) is 0 Å². The van der Waals surface area contributed by atoms with Gasteiger partial charge in [0.05, 0.1) is 6.61 Å². The molecule has 0 atom stereocenters. The standard InChI is InChI=1S/C11H14O3.Cr/c1-2-3-8-14-10-7-5-4-6-9(10)11(12)13;/h4-7H,2-3,8H2,1H3,(H,12,13);. The van der Waals surface area contributed by atoms with Crippen LogP contribution in [-0.2, 0) is 17.4 Å². The number of carboxylic acid groups (broad SMARTS) is 1. The van der Waals surface area contributed by atoms with Crippen LogP contribution in [0.3, 0.4) is 0 Å². The molecule has 1 aromatic rings. The number of unbranched alkanes of at least 4 members (excludes halogenated alkanes) is 1. The number of carbonyl (C=O) groups is 1. The van der Waals surface area contributed by atoms with Crippen LogP contribution >= 0.6 is 0 Å². The van der Waals surface area contributed by atoms with Gasteiger partial charge in [0.25, 0.3) is 0 Å². The number of hydrogen-bond donors (Lipinski definition) is 1. The number of benzene rings is 1. The van der Waals surface area contributed by atoms with Gasteiger partial charge in [0.2, 0.25) is 0 Å². The van der Waals surface area contributed by atoms with E-state index >= 15 is 0 Å². The number of hydrogen-bond acceptors (Lipinski definition) is 2. The van der Waals surface area contributed by atoms with E-state index in [2.05, 4.69) is 6.92 Å². The topological polar surface area (TPSA) is 46.5 Å². The van der Waals surface area contributed by atoms with E-state index in [-0.39, 0.29) is 22.9 Å². The van der Waals surface area contributed by atoms with Crippen LogP contribution in [0.5, 0.6) is 5.75 Å². The largest absolute Gasteiger partial charge is 0.493 e. The van der Waals surface area contributed by atoms with Crippen molar-refractivity contribution in [3.8, 4) is 5.75 Å². The molecule has 1 N–H and O–H groups in total. The number of para-hydroxylation sites is 1. The summed E-state index contributed by atoms with van der Waals surface area (Å²) in [5.74, 6) is -0.495. The van der Waals surface area contributed by atoms with E-state index in [1.807, 2.05) is 0 Å². The first-order valence-electron chi connectivity index (χ1n) is 4.70. The molecule has 3 nitrogen and oxygen atoms in total. The molecule has 0 aliphatic carbocycles. The quantitative estimate of drug-likeness (QED) is 0.812. The van der Waals surface area contributed by atoms with Crippen LogP contribution in [0.4, 0.5) is 0 Å². The van der Waals surface area contributed by atoms with Crippen molar-refractivity contribution >= 4 is 5.97 Å². The number of rotatable bonds is 5. The molecule has 0 saturated heterocycles. The second kappa shape index (κ2) is 7.33. The second-order valence-electron chi connectivity index (χ2n) is 3.00.